The minimum absolute atomic E-state index is 0.227. The van der Waals surface area contributed by atoms with Crippen molar-refractivity contribution in [2.75, 3.05) is 19.6 Å². The molecule has 1 amide bonds. The second kappa shape index (κ2) is 5.60. The van der Waals surface area contributed by atoms with E-state index in [-0.39, 0.29) is 5.91 Å². The van der Waals surface area contributed by atoms with E-state index in [9.17, 15) is 4.79 Å². The molecule has 20 heavy (non-hydrogen) atoms. The number of likely N-dealkylation sites (tertiary alicyclic amines) is 1. The normalized spacial score (nSPS) is 28.9. The summed E-state index contributed by atoms with van der Waals surface area (Å²) >= 11 is 0. The number of aryl methyl sites for hydroxylation is 1. The molecule has 0 spiro atoms. The Labute approximate surface area is 121 Å². The van der Waals surface area contributed by atoms with Gasteiger partial charge in [0.15, 0.2) is 0 Å². The van der Waals surface area contributed by atoms with E-state index < -0.39 is 0 Å². The van der Waals surface area contributed by atoms with E-state index in [1.807, 2.05) is 18.3 Å². The standard InChI is InChI=1S/C16H25N3O/c1-3-7-18-8-5-6-15(18)16(20)19-11-12-9-17-10-13(12)14(19)4-2/h5-6,8,12-14,17H,3-4,7,9-11H2,1-2H3. The van der Waals surface area contributed by atoms with Crippen molar-refractivity contribution >= 4 is 5.91 Å². The van der Waals surface area contributed by atoms with Crippen LogP contribution in [0.4, 0.5) is 0 Å². The molecule has 3 atom stereocenters. The lowest BCUT2D eigenvalue weighted by Gasteiger charge is -2.27. The summed E-state index contributed by atoms with van der Waals surface area (Å²) in [5, 5.41) is 3.47. The number of hydrogen-bond donors (Lipinski definition) is 1. The van der Waals surface area contributed by atoms with Gasteiger partial charge in [0.1, 0.15) is 5.69 Å². The van der Waals surface area contributed by atoms with Gasteiger partial charge in [0, 0.05) is 38.4 Å². The number of nitrogens with zero attached hydrogens (tertiary/aromatic N) is 2. The highest BCUT2D eigenvalue weighted by Gasteiger charge is 2.45. The van der Waals surface area contributed by atoms with Crippen LogP contribution in [0.5, 0.6) is 0 Å². The molecule has 110 valence electrons. The van der Waals surface area contributed by atoms with Crippen LogP contribution in [-0.4, -0.2) is 41.1 Å². The van der Waals surface area contributed by atoms with E-state index >= 15 is 0 Å². The molecule has 0 bridgehead atoms. The van der Waals surface area contributed by atoms with Gasteiger partial charge in [0.25, 0.3) is 5.91 Å². The van der Waals surface area contributed by atoms with Gasteiger partial charge in [-0.15, -0.1) is 0 Å². The molecular formula is C16H25N3O. The monoisotopic (exact) mass is 275 g/mol. The predicted octanol–water partition coefficient (Wildman–Crippen LogP) is 1.97. The molecular weight excluding hydrogens is 250 g/mol. The van der Waals surface area contributed by atoms with Crippen LogP contribution in [0.15, 0.2) is 18.3 Å². The Morgan fingerprint density at radius 3 is 3.00 bits per heavy atom. The largest absolute Gasteiger partial charge is 0.344 e. The number of fused-ring (bicyclic) bond motifs is 1. The SMILES string of the molecule is CCCn1cccc1C(=O)N1CC2CNCC2C1CC. The van der Waals surface area contributed by atoms with Gasteiger partial charge < -0.3 is 14.8 Å². The van der Waals surface area contributed by atoms with Gasteiger partial charge in [-0.3, -0.25) is 4.79 Å². The summed E-state index contributed by atoms with van der Waals surface area (Å²) in [6.07, 6.45) is 4.14. The smallest absolute Gasteiger partial charge is 0.270 e. The van der Waals surface area contributed by atoms with Crippen LogP contribution in [0.3, 0.4) is 0 Å². The van der Waals surface area contributed by atoms with Crippen molar-refractivity contribution in [2.24, 2.45) is 11.8 Å². The lowest BCUT2D eigenvalue weighted by atomic mass is 9.93. The average molecular weight is 275 g/mol. The number of hydrogen-bond acceptors (Lipinski definition) is 2. The van der Waals surface area contributed by atoms with Gasteiger partial charge in [0.2, 0.25) is 0 Å². The molecule has 3 rings (SSSR count). The maximum atomic E-state index is 12.9. The van der Waals surface area contributed by atoms with E-state index in [1.165, 1.54) is 0 Å². The maximum absolute atomic E-state index is 12.9. The van der Waals surface area contributed by atoms with Gasteiger partial charge in [-0.1, -0.05) is 13.8 Å². The van der Waals surface area contributed by atoms with Crippen molar-refractivity contribution < 1.29 is 4.79 Å². The van der Waals surface area contributed by atoms with Crippen LogP contribution in [0.25, 0.3) is 0 Å². The minimum atomic E-state index is 0.227. The first kappa shape index (κ1) is 13.7. The number of nitrogens with one attached hydrogen (secondary N) is 1. The molecule has 1 N–H and O–H groups in total. The van der Waals surface area contributed by atoms with E-state index in [0.717, 1.165) is 44.7 Å². The third-order valence-corrected chi connectivity index (χ3v) is 4.91. The molecule has 0 radical (unpaired) electrons. The van der Waals surface area contributed by atoms with Crippen LogP contribution < -0.4 is 5.32 Å². The molecule has 4 nitrogen and oxygen atoms in total. The molecule has 1 aromatic rings. The Bertz CT molecular complexity index is 482. The van der Waals surface area contributed by atoms with Gasteiger partial charge >= 0.3 is 0 Å². The fourth-order valence-corrected chi connectivity index (χ4v) is 3.97. The molecule has 2 fully saturated rings. The summed E-state index contributed by atoms with van der Waals surface area (Å²) in [5.74, 6) is 1.53. The molecule has 1 aromatic heterocycles. The van der Waals surface area contributed by atoms with E-state index in [1.54, 1.807) is 0 Å². The topological polar surface area (TPSA) is 37.3 Å². The Morgan fingerprint density at radius 2 is 2.25 bits per heavy atom. The number of rotatable bonds is 4. The lowest BCUT2D eigenvalue weighted by molar-refractivity contribution is 0.0700. The molecule has 3 unspecified atom stereocenters. The highest BCUT2D eigenvalue weighted by Crippen LogP contribution is 2.35. The van der Waals surface area contributed by atoms with Crippen LogP contribution in [0.2, 0.25) is 0 Å². The van der Waals surface area contributed by atoms with Crippen molar-refractivity contribution in [3.05, 3.63) is 24.0 Å². The first-order valence-electron chi connectivity index (χ1n) is 7.93. The molecule has 4 heteroatoms. The summed E-state index contributed by atoms with van der Waals surface area (Å²) in [7, 11) is 0. The first-order chi connectivity index (χ1) is 9.76. The summed E-state index contributed by atoms with van der Waals surface area (Å²) in [6, 6.07) is 4.37. The van der Waals surface area contributed by atoms with Gasteiger partial charge in [-0.2, -0.15) is 0 Å². The second-order valence-electron chi connectivity index (χ2n) is 6.10. The van der Waals surface area contributed by atoms with Crippen molar-refractivity contribution in [1.29, 1.82) is 0 Å². The summed E-state index contributed by atoms with van der Waals surface area (Å²) in [4.78, 5) is 15.0. The number of carbonyl (C=O) groups excluding carboxylic acids is 1. The zero-order valence-electron chi connectivity index (χ0n) is 12.5. The number of carbonyl (C=O) groups is 1. The van der Waals surface area contributed by atoms with Crippen molar-refractivity contribution in [3.63, 3.8) is 0 Å². The Balaban J connectivity index is 1.81. The Morgan fingerprint density at radius 1 is 1.40 bits per heavy atom. The van der Waals surface area contributed by atoms with Gasteiger partial charge in [0.05, 0.1) is 0 Å². The third kappa shape index (κ3) is 2.16. The fraction of sp³-hybridized carbons (Fsp3) is 0.688. The number of aromatic nitrogens is 1. The summed E-state index contributed by atoms with van der Waals surface area (Å²) < 4.78 is 2.10. The van der Waals surface area contributed by atoms with Crippen molar-refractivity contribution in [3.8, 4) is 0 Å². The first-order valence-corrected chi connectivity index (χ1v) is 7.93. The molecule has 2 aliphatic rings. The molecule has 3 heterocycles. The quantitative estimate of drug-likeness (QED) is 0.912. The molecule has 2 saturated heterocycles. The molecule has 0 saturated carbocycles. The van der Waals surface area contributed by atoms with Gasteiger partial charge in [-0.25, -0.2) is 0 Å². The highest BCUT2D eigenvalue weighted by atomic mass is 16.2. The minimum Gasteiger partial charge on any atom is -0.344 e. The average Bonchev–Trinajstić information content (AvgIpc) is 3.12. The van der Waals surface area contributed by atoms with E-state index in [4.69, 9.17) is 0 Å². The zero-order valence-corrected chi connectivity index (χ0v) is 12.5. The Hall–Kier alpha value is -1.29. The molecule has 0 aromatic carbocycles. The van der Waals surface area contributed by atoms with Crippen LogP contribution in [-0.2, 0) is 6.54 Å². The van der Waals surface area contributed by atoms with E-state index in [0.29, 0.717) is 17.9 Å². The highest BCUT2D eigenvalue weighted by molar-refractivity contribution is 5.93. The zero-order chi connectivity index (χ0) is 14.1. The lowest BCUT2D eigenvalue weighted by Crippen LogP contribution is -2.40. The summed E-state index contributed by atoms with van der Waals surface area (Å²) in [5.41, 5.74) is 0.859. The summed E-state index contributed by atoms with van der Waals surface area (Å²) in [6.45, 7) is 8.34. The molecule has 2 aliphatic heterocycles. The van der Waals surface area contributed by atoms with Crippen LogP contribution in [0, 0.1) is 11.8 Å². The van der Waals surface area contributed by atoms with E-state index in [2.05, 4.69) is 28.6 Å². The van der Waals surface area contributed by atoms with Crippen LogP contribution in [0.1, 0.15) is 37.2 Å². The van der Waals surface area contributed by atoms with Crippen molar-refractivity contribution in [2.45, 2.75) is 39.3 Å². The Kier molecular flexibility index (Phi) is 3.83. The number of amides is 1. The van der Waals surface area contributed by atoms with Crippen molar-refractivity contribution in [1.82, 2.24) is 14.8 Å². The van der Waals surface area contributed by atoms with Gasteiger partial charge in [-0.05, 0) is 36.8 Å². The second-order valence-corrected chi connectivity index (χ2v) is 6.10. The van der Waals surface area contributed by atoms with Crippen LogP contribution >= 0.6 is 0 Å². The maximum Gasteiger partial charge on any atom is 0.270 e. The molecule has 0 aliphatic carbocycles. The fourth-order valence-electron chi connectivity index (χ4n) is 3.97. The predicted molar refractivity (Wildman–Crippen MR) is 79.7 cm³/mol. The third-order valence-electron chi connectivity index (χ3n) is 4.91.